The summed E-state index contributed by atoms with van der Waals surface area (Å²) in [4.78, 5) is 12.2. The van der Waals surface area contributed by atoms with Crippen LogP contribution in [0.15, 0.2) is 30.6 Å². The number of nitrogens with zero attached hydrogens (tertiary/aromatic N) is 2. The maximum atomic E-state index is 12.2. The van der Waals surface area contributed by atoms with Gasteiger partial charge in [-0.2, -0.15) is 5.10 Å². The molecular formula is C17H21N3O3. The largest absolute Gasteiger partial charge is 0.492 e. The Labute approximate surface area is 135 Å². The van der Waals surface area contributed by atoms with E-state index in [0.717, 1.165) is 17.7 Å². The van der Waals surface area contributed by atoms with Crippen molar-refractivity contribution in [2.75, 3.05) is 11.9 Å². The second-order valence-electron chi connectivity index (χ2n) is 5.59. The van der Waals surface area contributed by atoms with Crippen molar-refractivity contribution >= 4 is 11.6 Å². The van der Waals surface area contributed by atoms with Gasteiger partial charge in [-0.25, -0.2) is 0 Å². The quantitative estimate of drug-likeness (QED) is 0.890. The van der Waals surface area contributed by atoms with Gasteiger partial charge in [-0.1, -0.05) is 0 Å². The van der Waals surface area contributed by atoms with Crippen LogP contribution < -0.4 is 14.8 Å². The summed E-state index contributed by atoms with van der Waals surface area (Å²) in [6.45, 7) is 5.05. The van der Waals surface area contributed by atoms with Crippen molar-refractivity contribution in [2.24, 2.45) is 0 Å². The Morgan fingerprint density at radius 2 is 2.39 bits per heavy atom. The molecule has 0 saturated heterocycles. The number of aryl methyl sites for hydroxylation is 1. The molecule has 3 rings (SSSR count). The lowest BCUT2D eigenvalue weighted by Crippen LogP contribution is -2.15. The minimum absolute atomic E-state index is 0.0764. The number of nitrogens with one attached hydrogen (secondary N) is 1. The topological polar surface area (TPSA) is 65.4 Å². The standard InChI is InChI=1S/C17H21N3O3/c1-3-22-16-10-13-9-12(2)23-15(13)11-14(16)19-17(21)5-8-20-7-4-6-18-20/h4,6-7,10-12H,3,5,8-9H2,1-2H3,(H,19,21)/t12-/m0/s1. The third-order valence-electron chi connectivity index (χ3n) is 3.70. The number of carbonyl (C=O) groups excluding carboxylic acids is 1. The number of benzene rings is 1. The van der Waals surface area contributed by atoms with Gasteiger partial charge in [-0.3, -0.25) is 9.48 Å². The zero-order valence-corrected chi connectivity index (χ0v) is 13.4. The fraction of sp³-hybridized carbons (Fsp3) is 0.412. The van der Waals surface area contributed by atoms with Gasteiger partial charge in [0.15, 0.2) is 0 Å². The molecule has 1 aliphatic rings. The van der Waals surface area contributed by atoms with Crippen molar-refractivity contribution in [3.05, 3.63) is 36.2 Å². The maximum absolute atomic E-state index is 12.2. The Kier molecular flexibility index (Phi) is 4.50. The van der Waals surface area contributed by atoms with Crippen LogP contribution >= 0.6 is 0 Å². The van der Waals surface area contributed by atoms with E-state index in [-0.39, 0.29) is 12.0 Å². The summed E-state index contributed by atoms with van der Waals surface area (Å²) < 4.78 is 13.2. The molecule has 2 heterocycles. The van der Waals surface area contributed by atoms with E-state index in [1.54, 1.807) is 10.9 Å². The van der Waals surface area contributed by atoms with Gasteiger partial charge in [0.05, 0.1) is 12.3 Å². The van der Waals surface area contributed by atoms with Crippen LogP contribution in [-0.4, -0.2) is 28.4 Å². The summed E-state index contributed by atoms with van der Waals surface area (Å²) in [5, 5.41) is 7.01. The van der Waals surface area contributed by atoms with Crippen LogP contribution in [0.3, 0.4) is 0 Å². The summed E-state index contributed by atoms with van der Waals surface area (Å²) in [5.74, 6) is 1.44. The first kappa shape index (κ1) is 15.4. The van der Waals surface area contributed by atoms with E-state index < -0.39 is 0 Å². The Bertz CT molecular complexity index is 683. The molecule has 0 unspecified atom stereocenters. The van der Waals surface area contributed by atoms with Crippen LogP contribution in [-0.2, 0) is 17.8 Å². The average Bonchev–Trinajstić information content (AvgIpc) is 3.14. The molecular weight excluding hydrogens is 294 g/mol. The second kappa shape index (κ2) is 6.73. The Morgan fingerprint density at radius 3 is 3.13 bits per heavy atom. The van der Waals surface area contributed by atoms with E-state index in [1.807, 2.05) is 38.2 Å². The zero-order valence-electron chi connectivity index (χ0n) is 13.4. The summed E-state index contributed by atoms with van der Waals surface area (Å²) >= 11 is 0. The van der Waals surface area contributed by atoms with Gasteiger partial charge in [0.1, 0.15) is 17.6 Å². The summed E-state index contributed by atoms with van der Waals surface area (Å²) in [5.41, 5.74) is 1.78. The average molecular weight is 315 g/mol. The molecule has 122 valence electrons. The molecule has 0 aliphatic carbocycles. The number of fused-ring (bicyclic) bond motifs is 1. The lowest BCUT2D eigenvalue weighted by molar-refractivity contribution is -0.116. The molecule has 23 heavy (non-hydrogen) atoms. The zero-order chi connectivity index (χ0) is 16.2. The van der Waals surface area contributed by atoms with Gasteiger partial charge >= 0.3 is 0 Å². The number of anilines is 1. The van der Waals surface area contributed by atoms with Crippen LogP contribution in [0.4, 0.5) is 5.69 Å². The number of hydrogen-bond donors (Lipinski definition) is 1. The van der Waals surface area contributed by atoms with Gasteiger partial charge in [0.2, 0.25) is 5.91 Å². The van der Waals surface area contributed by atoms with Crippen molar-refractivity contribution in [3.8, 4) is 11.5 Å². The van der Waals surface area contributed by atoms with Crippen LogP contribution in [0.5, 0.6) is 11.5 Å². The van der Waals surface area contributed by atoms with Crippen LogP contribution in [0.25, 0.3) is 0 Å². The summed E-state index contributed by atoms with van der Waals surface area (Å²) in [6, 6.07) is 5.66. The van der Waals surface area contributed by atoms with Crippen LogP contribution in [0.1, 0.15) is 25.8 Å². The van der Waals surface area contributed by atoms with Gasteiger partial charge < -0.3 is 14.8 Å². The first-order valence-corrected chi connectivity index (χ1v) is 7.89. The molecule has 1 amide bonds. The molecule has 0 spiro atoms. The van der Waals surface area contributed by atoms with E-state index in [1.165, 1.54) is 0 Å². The first-order chi connectivity index (χ1) is 11.2. The van der Waals surface area contributed by atoms with Gasteiger partial charge in [-0.05, 0) is 26.0 Å². The monoisotopic (exact) mass is 315 g/mol. The predicted molar refractivity (Wildman–Crippen MR) is 86.9 cm³/mol. The number of hydrogen-bond acceptors (Lipinski definition) is 4. The van der Waals surface area contributed by atoms with E-state index in [9.17, 15) is 4.79 Å². The molecule has 1 aliphatic heterocycles. The summed E-state index contributed by atoms with van der Waals surface area (Å²) in [6.07, 6.45) is 4.91. The lowest BCUT2D eigenvalue weighted by Gasteiger charge is -2.13. The SMILES string of the molecule is CCOc1cc2c(cc1NC(=O)CCn1cccn1)O[C@@H](C)C2. The molecule has 0 fully saturated rings. The molecule has 6 heteroatoms. The number of carbonyl (C=O) groups is 1. The minimum atomic E-state index is -0.0764. The Hall–Kier alpha value is -2.50. The smallest absolute Gasteiger partial charge is 0.226 e. The fourth-order valence-corrected chi connectivity index (χ4v) is 2.67. The van der Waals surface area contributed by atoms with E-state index in [2.05, 4.69) is 10.4 Å². The maximum Gasteiger partial charge on any atom is 0.226 e. The molecule has 1 atom stereocenters. The molecule has 1 N–H and O–H groups in total. The Morgan fingerprint density at radius 1 is 1.52 bits per heavy atom. The highest BCUT2D eigenvalue weighted by Crippen LogP contribution is 2.38. The number of rotatable bonds is 6. The highest BCUT2D eigenvalue weighted by molar-refractivity contribution is 5.92. The van der Waals surface area contributed by atoms with Crippen molar-refractivity contribution in [2.45, 2.75) is 39.3 Å². The van der Waals surface area contributed by atoms with Gasteiger partial charge in [-0.15, -0.1) is 0 Å². The van der Waals surface area contributed by atoms with Crippen molar-refractivity contribution in [1.82, 2.24) is 9.78 Å². The minimum Gasteiger partial charge on any atom is -0.492 e. The number of ether oxygens (including phenoxy) is 2. The highest BCUT2D eigenvalue weighted by atomic mass is 16.5. The molecule has 0 bridgehead atoms. The van der Waals surface area contributed by atoms with E-state index in [4.69, 9.17) is 9.47 Å². The second-order valence-corrected chi connectivity index (χ2v) is 5.59. The molecule has 6 nitrogen and oxygen atoms in total. The first-order valence-electron chi connectivity index (χ1n) is 7.89. The van der Waals surface area contributed by atoms with Crippen molar-refractivity contribution in [3.63, 3.8) is 0 Å². The summed E-state index contributed by atoms with van der Waals surface area (Å²) in [7, 11) is 0. The lowest BCUT2D eigenvalue weighted by atomic mass is 10.1. The van der Waals surface area contributed by atoms with Gasteiger partial charge in [0, 0.05) is 43.4 Å². The van der Waals surface area contributed by atoms with Crippen molar-refractivity contribution in [1.29, 1.82) is 0 Å². The Balaban J connectivity index is 1.70. The third-order valence-corrected chi connectivity index (χ3v) is 3.70. The van der Waals surface area contributed by atoms with Crippen LogP contribution in [0.2, 0.25) is 0 Å². The van der Waals surface area contributed by atoms with E-state index >= 15 is 0 Å². The molecule has 0 radical (unpaired) electrons. The van der Waals surface area contributed by atoms with Crippen LogP contribution in [0, 0.1) is 0 Å². The normalized spacial score (nSPS) is 15.8. The van der Waals surface area contributed by atoms with Gasteiger partial charge in [0.25, 0.3) is 0 Å². The van der Waals surface area contributed by atoms with E-state index in [0.29, 0.717) is 31.0 Å². The molecule has 1 aromatic carbocycles. The van der Waals surface area contributed by atoms with Crippen molar-refractivity contribution < 1.29 is 14.3 Å². The molecule has 0 saturated carbocycles. The molecule has 1 aromatic heterocycles. The predicted octanol–water partition coefficient (Wildman–Crippen LogP) is 2.63. The molecule has 2 aromatic rings. The fourth-order valence-electron chi connectivity index (χ4n) is 2.67. The number of amides is 1. The highest BCUT2D eigenvalue weighted by Gasteiger charge is 2.22. The number of aromatic nitrogens is 2. The third kappa shape index (κ3) is 3.64.